The molecule has 3 nitrogen and oxygen atoms in total. The molecule has 0 bridgehead atoms. The second-order valence-electron chi connectivity index (χ2n) is 3.71. The van der Waals surface area contributed by atoms with Crippen LogP contribution in [0.25, 0.3) is 0 Å². The summed E-state index contributed by atoms with van der Waals surface area (Å²) in [7, 11) is 0. The van der Waals surface area contributed by atoms with E-state index in [1.54, 1.807) is 42.5 Å². The number of benzene rings is 2. The van der Waals surface area contributed by atoms with Crippen LogP contribution >= 0.6 is 34.8 Å². The quantitative estimate of drug-likeness (QED) is 0.776. The minimum Gasteiger partial charge on any atom is -0.308 e. The minimum absolute atomic E-state index is 0.408. The second kappa shape index (κ2) is 6.15. The van der Waals surface area contributed by atoms with Gasteiger partial charge in [0.1, 0.15) is 0 Å². The maximum Gasteiger partial charge on any atom is 0.323 e. The number of hydrogen-bond donors (Lipinski definition) is 2. The van der Waals surface area contributed by atoms with Crippen LogP contribution in [0.4, 0.5) is 16.2 Å². The Bertz CT molecular complexity index is 617. The van der Waals surface area contributed by atoms with Gasteiger partial charge in [-0.3, -0.25) is 0 Å². The number of nitrogens with one attached hydrogen (secondary N) is 2. The highest BCUT2D eigenvalue weighted by molar-refractivity contribution is 6.35. The standard InChI is InChI=1S/C13H9Cl3N2O/c14-8-2-1-3-10(6-8)17-13(19)18-12-7-9(15)4-5-11(12)16/h1-7H,(H2,17,18,19). The highest BCUT2D eigenvalue weighted by Gasteiger charge is 2.06. The predicted octanol–water partition coefficient (Wildman–Crippen LogP) is 5.29. The van der Waals surface area contributed by atoms with Gasteiger partial charge < -0.3 is 10.6 Å². The van der Waals surface area contributed by atoms with Crippen LogP contribution in [-0.2, 0) is 0 Å². The molecule has 0 spiro atoms. The monoisotopic (exact) mass is 314 g/mol. The van der Waals surface area contributed by atoms with Gasteiger partial charge in [0.15, 0.2) is 0 Å². The van der Waals surface area contributed by atoms with E-state index in [2.05, 4.69) is 10.6 Å². The lowest BCUT2D eigenvalue weighted by atomic mass is 10.3. The second-order valence-corrected chi connectivity index (χ2v) is 4.99. The van der Waals surface area contributed by atoms with Gasteiger partial charge in [-0.25, -0.2) is 4.79 Å². The fourth-order valence-electron chi connectivity index (χ4n) is 1.44. The van der Waals surface area contributed by atoms with Crippen molar-refractivity contribution in [2.24, 2.45) is 0 Å². The van der Waals surface area contributed by atoms with Crippen LogP contribution in [0.3, 0.4) is 0 Å². The molecule has 0 fully saturated rings. The zero-order valence-electron chi connectivity index (χ0n) is 9.58. The number of urea groups is 1. The molecule has 0 aliphatic heterocycles. The Labute approximate surface area is 125 Å². The Morgan fingerprint density at radius 3 is 2.37 bits per heavy atom. The van der Waals surface area contributed by atoms with Gasteiger partial charge >= 0.3 is 6.03 Å². The molecule has 2 aromatic carbocycles. The number of rotatable bonds is 2. The molecule has 19 heavy (non-hydrogen) atoms. The largest absolute Gasteiger partial charge is 0.323 e. The van der Waals surface area contributed by atoms with Crippen LogP contribution in [-0.4, -0.2) is 6.03 Å². The summed E-state index contributed by atoms with van der Waals surface area (Å²) in [5, 5.41) is 6.69. The molecule has 0 aromatic heterocycles. The fraction of sp³-hybridized carbons (Fsp3) is 0. The van der Waals surface area contributed by atoms with Gasteiger partial charge in [-0.15, -0.1) is 0 Å². The summed E-state index contributed by atoms with van der Waals surface area (Å²) in [6, 6.07) is 11.2. The van der Waals surface area contributed by atoms with E-state index in [-0.39, 0.29) is 0 Å². The first kappa shape index (κ1) is 14.0. The molecule has 0 atom stereocenters. The zero-order chi connectivity index (χ0) is 13.8. The van der Waals surface area contributed by atoms with Gasteiger partial charge in [0.25, 0.3) is 0 Å². The van der Waals surface area contributed by atoms with Crippen LogP contribution < -0.4 is 10.6 Å². The highest BCUT2D eigenvalue weighted by Crippen LogP contribution is 2.25. The molecule has 98 valence electrons. The number of hydrogen-bond acceptors (Lipinski definition) is 1. The molecule has 0 unspecified atom stereocenters. The number of carbonyl (C=O) groups is 1. The molecule has 0 radical (unpaired) electrons. The fourth-order valence-corrected chi connectivity index (χ4v) is 1.97. The molecule has 2 N–H and O–H groups in total. The molecule has 0 saturated heterocycles. The summed E-state index contributed by atoms with van der Waals surface area (Å²) < 4.78 is 0. The summed E-state index contributed by atoms with van der Waals surface area (Å²) in [4.78, 5) is 11.8. The van der Waals surface area contributed by atoms with Crippen molar-refractivity contribution in [3.63, 3.8) is 0 Å². The van der Waals surface area contributed by atoms with Crippen molar-refractivity contribution in [3.05, 3.63) is 57.5 Å². The van der Waals surface area contributed by atoms with Crippen LogP contribution in [0.2, 0.25) is 15.1 Å². The van der Waals surface area contributed by atoms with E-state index in [4.69, 9.17) is 34.8 Å². The average molecular weight is 316 g/mol. The molecule has 0 aliphatic carbocycles. The average Bonchev–Trinajstić information content (AvgIpc) is 2.34. The summed E-state index contributed by atoms with van der Waals surface area (Å²) in [5.41, 5.74) is 1.02. The molecule has 2 rings (SSSR count). The Kier molecular flexibility index (Phi) is 4.53. The summed E-state index contributed by atoms with van der Waals surface area (Å²) >= 11 is 17.6. The molecular weight excluding hydrogens is 307 g/mol. The highest BCUT2D eigenvalue weighted by atomic mass is 35.5. The number of amides is 2. The van der Waals surface area contributed by atoms with Crippen molar-refractivity contribution < 1.29 is 4.79 Å². The summed E-state index contributed by atoms with van der Waals surface area (Å²) in [6.07, 6.45) is 0. The lowest BCUT2D eigenvalue weighted by molar-refractivity contribution is 0.262. The van der Waals surface area contributed by atoms with Crippen molar-refractivity contribution in [2.75, 3.05) is 10.6 Å². The van der Waals surface area contributed by atoms with E-state index < -0.39 is 6.03 Å². The normalized spacial score (nSPS) is 10.1. The zero-order valence-corrected chi connectivity index (χ0v) is 11.9. The van der Waals surface area contributed by atoms with Crippen molar-refractivity contribution in [3.8, 4) is 0 Å². The molecule has 2 aromatic rings. The first-order valence-corrected chi connectivity index (χ1v) is 6.46. The molecule has 0 heterocycles. The van der Waals surface area contributed by atoms with Gasteiger partial charge in [0.2, 0.25) is 0 Å². The third kappa shape index (κ3) is 4.03. The summed E-state index contributed by atoms with van der Waals surface area (Å²) in [6.45, 7) is 0. The predicted molar refractivity (Wildman–Crippen MR) is 80.6 cm³/mol. The van der Waals surface area contributed by atoms with Crippen molar-refractivity contribution in [2.45, 2.75) is 0 Å². The van der Waals surface area contributed by atoms with Crippen molar-refractivity contribution in [1.29, 1.82) is 0 Å². The third-order valence-electron chi connectivity index (χ3n) is 2.26. The van der Waals surface area contributed by atoms with Gasteiger partial charge in [-0.05, 0) is 36.4 Å². The Morgan fingerprint density at radius 2 is 1.63 bits per heavy atom. The summed E-state index contributed by atoms with van der Waals surface area (Å²) in [5.74, 6) is 0. The minimum atomic E-state index is -0.425. The molecule has 0 saturated carbocycles. The van der Waals surface area contributed by atoms with E-state index in [0.717, 1.165) is 0 Å². The molecule has 2 amide bonds. The SMILES string of the molecule is O=C(Nc1cccc(Cl)c1)Nc1cc(Cl)ccc1Cl. The molecule has 6 heteroatoms. The third-order valence-corrected chi connectivity index (χ3v) is 3.06. The van der Waals surface area contributed by atoms with Crippen molar-refractivity contribution >= 4 is 52.2 Å². The van der Waals surface area contributed by atoms with Gasteiger partial charge in [0.05, 0.1) is 10.7 Å². The van der Waals surface area contributed by atoms with E-state index in [9.17, 15) is 4.79 Å². The van der Waals surface area contributed by atoms with Crippen LogP contribution in [0.15, 0.2) is 42.5 Å². The van der Waals surface area contributed by atoms with E-state index in [1.165, 1.54) is 0 Å². The van der Waals surface area contributed by atoms with Gasteiger partial charge in [-0.1, -0.05) is 40.9 Å². The van der Waals surface area contributed by atoms with Gasteiger partial charge in [0, 0.05) is 15.7 Å². The van der Waals surface area contributed by atoms with E-state index >= 15 is 0 Å². The Balaban J connectivity index is 2.07. The lowest BCUT2D eigenvalue weighted by Crippen LogP contribution is -2.19. The smallest absolute Gasteiger partial charge is 0.308 e. The van der Waals surface area contributed by atoms with Crippen LogP contribution in [0, 0.1) is 0 Å². The lowest BCUT2D eigenvalue weighted by Gasteiger charge is -2.09. The molecular formula is C13H9Cl3N2O. The van der Waals surface area contributed by atoms with Gasteiger partial charge in [-0.2, -0.15) is 0 Å². The molecule has 0 aliphatic rings. The Morgan fingerprint density at radius 1 is 0.895 bits per heavy atom. The topological polar surface area (TPSA) is 41.1 Å². The Hall–Kier alpha value is -1.42. The van der Waals surface area contributed by atoms with E-state index in [0.29, 0.717) is 26.4 Å². The number of halogens is 3. The van der Waals surface area contributed by atoms with Crippen LogP contribution in [0.1, 0.15) is 0 Å². The number of carbonyl (C=O) groups excluding carboxylic acids is 1. The maximum atomic E-state index is 11.8. The maximum absolute atomic E-state index is 11.8. The first-order chi connectivity index (χ1) is 9.04. The number of anilines is 2. The van der Waals surface area contributed by atoms with Crippen LogP contribution in [0.5, 0.6) is 0 Å². The van der Waals surface area contributed by atoms with Crippen molar-refractivity contribution in [1.82, 2.24) is 0 Å². The first-order valence-electron chi connectivity index (χ1n) is 5.33. The van der Waals surface area contributed by atoms with E-state index in [1.807, 2.05) is 0 Å².